The fourth-order valence-corrected chi connectivity index (χ4v) is 2.78. The first-order chi connectivity index (χ1) is 11.2. The molecular formula is C20H27ClN2O. The zero-order valence-electron chi connectivity index (χ0n) is 14.2. The number of carbonyl (C=O) groups is 1. The van der Waals surface area contributed by atoms with Crippen molar-refractivity contribution in [2.24, 2.45) is 0 Å². The fourth-order valence-electron chi connectivity index (χ4n) is 2.78. The predicted molar refractivity (Wildman–Crippen MR) is 103 cm³/mol. The second kappa shape index (κ2) is 10.7. The number of nitrogen functional groups attached to an aromatic ring is 1. The van der Waals surface area contributed by atoms with Crippen molar-refractivity contribution < 1.29 is 4.79 Å². The van der Waals surface area contributed by atoms with E-state index in [4.69, 9.17) is 5.73 Å². The van der Waals surface area contributed by atoms with Gasteiger partial charge in [0.2, 0.25) is 5.91 Å². The van der Waals surface area contributed by atoms with Gasteiger partial charge in [-0.25, -0.2) is 0 Å². The van der Waals surface area contributed by atoms with Crippen LogP contribution >= 0.6 is 12.4 Å². The molecule has 3 nitrogen and oxygen atoms in total. The Morgan fingerprint density at radius 2 is 1.75 bits per heavy atom. The third-order valence-corrected chi connectivity index (χ3v) is 4.00. The highest BCUT2D eigenvalue weighted by atomic mass is 35.5. The maximum Gasteiger partial charge on any atom is 0.220 e. The topological polar surface area (TPSA) is 55.1 Å². The molecule has 2 aromatic rings. The van der Waals surface area contributed by atoms with E-state index < -0.39 is 0 Å². The van der Waals surface area contributed by atoms with Crippen LogP contribution in [0, 0.1) is 0 Å². The Morgan fingerprint density at radius 1 is 1.08 bits per heavy atom. The minimum absolute atomic E-state index is 0. The van der Waals surface area contributed by atoms with Crippen LogP contribution < -0.4 is 11.1 Å². The SMILES string of the molecule is CCCC(Cc1ccccc1)NC(=O)CCc1ccccc1N.Cl. The first kappa shape index (κ1) is 20.0. The lowest BCUT2D eigenvalue weighted by Crippen LogP contribution is -2.36. The number of para-hydroxylation sites is 1. The van der Waals surface area contributed by atoms with Gasteiger partial charge in [-0.15, -0.1) is 12.4 Å². The van der Waals surface area contributed by atoms with Crippen molar-refractivity contribution in [1.82, 2.24) is 5.32 Å². The zero-order valence-corrected chi connectivity index (χ0v) is 15.0. The summed E-state index contributed by atoms with van der Waals surface area (Å²) in [4.78, 5) is 12.3. The van der Waals surface area contributed by atoms with E-state index in [0.717, 1.165) is 30.5 Å². The van der Waals surface area contributed by atoms with Gasteiger partial charge in [0.05, 0.1) is 0 Å². The van der Waals surface area contributed by atoms with Crippen molar-refractivity contribution in [3.05, 3.63) is 65.7 Å². The second-order valence-electron chi connectivity index (χ2n) is 5.94. The standard InChI is InChI=1S/C20H26N2O.ClH/c1-2-8-18(15-16-9-4-3-5-10-16)22-20(23)14-13-17-11-6-7-12-19(17)21;/h3-7,9-12,18H,2,8,13-15,21H2,1H3,(H,22,23);1H. The number of halogens is 1. The van der Waals surface area contributed by atoms with Crippen LogP contribution in [0.2, 0.25) is 0 Å². The van der Waals surface area contributed by atoms with E-state index in [0.29, 0.717) is 12.8 Å². The van der Waals surface area contributed by atoms with Crippen molar-refractivity contribution in [1.29, 1.82) is 0 Å². The molecule has 2 rings (SSSR count). The van der Waals surface area contributed by atoms with E-state index >= 15 is 0 Å². The molecule has 130 valence electrons. The maximum absolute atomic E-state index is 12.3. The highest BCUT2D eigenvalue weighted by molar-refractivity contribution is 5.85. The maximum atomic E-state index is 12.3. The number of hydrogen-bond donors (Lipinski definition) is 2. The molecule has 4 heteroatoms. The fraction of sp³-hybridized carbons (Fsp3) is 0.350. The molecule has 0 aromatic heterocycles. The summed E-state index contributed by atoms with van der Waals surface area (Å²) in [5.41, 5.74) is 8.99. The van der Waals surface area contributed by atoms with Crippen LogP contribution in [-0.2, 0) is 17.6 Å². The Balaban J connectivity index is 0.00000288. The van der Waals surface area contributed by atoms with Crippen LogP contribution in [-0.4, -0.2) is 11.9 Å². The number of benzene rings is 2. The van der Waals surface area contributed by atoms with Gasteiger partial charge in [-0.2, -0.15) is 0 Å². The molecule has 3 N–H and O–H groups in total. The highest BCUT2D eigenvalue weighted by Gasteiger charge is 2.12. The lowest BCUT2D eigenvalue weighted by Gasteiger charge is -2.18. The Labute approximate surface area is 151 Å². The zero-order chi connectivity index (χ0) is 16.5. The van der Waals surface area contributed by atoms with Crippen molar-refractivity contribution in [2.45, 2.75) is 45.1 Å². The first-order valence-corrected chi connectivity index (χ1v) is 8.35. The third-order valence-electron chi connectivity index (χ3n) is 4.00. The number of aryl methyl sites for hydroxylation is 1. The summed E-state index contributed by atoms with van der Waals surface area (Å²) >= 11 is 0. The van der Waals surface area contributed by atoms with Gasteiger partial charge >= 0.3 is 0 Å². The summed E-state index contributed by atoms with van der Waals surface area (Å²) in [5.74, 6) is 0.0997. The molecule has 0 bridgehead atoms. The van der Waals surface area contributed by atoms with E-state index in [2.05, 4.69) is 24.4 Å². The van der Waals surface area contributed by atoms with E-state index in [-0.39, 0.29) is 24.4 Å². The first-order valence-electron chi connectivity index (χ1n) is 8.35. The molecule has 1 amide bonds. The Kier molecular flexibility index (Phi) is 8.95. The lowest BCUT2D eigenvalue weighted by molar-refractivity contribution is -0.121. The summed E-state index contributed by atoms with van der Waals surface area (Å²) in [7, 11) is 0. The van der Waals surface area contributed by atoms with E-state index in [1.54, 1.807) is 0 Å². The highest BCUT2D eigenvalue weighted by Crippen LogP contribution is 2.13. The van der Waals surface area contributed by atoms with Crippen LogP contribution in [0.15, 0.2) is 54.6 Å². The summed E-state index contributed by atoms with van der Waals surface area (Å²) in [6, 6.07) is 18.2. The molecule has 0 radical (unpaired) electrons. The summed E-state index contributed by atoms with van der Waals surface area (Å²) < 4.78 is 0. The number of carbonyl (C=O) groups excluding carboxylic acids is 1. The van der Waals surface area contributed by atoms with Crippen LogP contribution in [0.4, 0.5) is 5.69 Å². The number of hydrogen-bond acceptors (Lipinski definition) is 2. The molecular weight excluding hydrogens is 320 g/mol. The molecule has 1 atom stereocenters. The van der Waals surface area contributed by atoms with Crippen LogP contribution in [0.25, 0.3) is 0 Å². The number of rotatable bonds is 8. The normalized spacial score (nSPS) is 11.4. The minimum atomic E-state index is 0. The molecule has 0 fully saturated rings. The van der Waals surface area contributed by atoms with Crippen LogP contribution in [0.5, 0.6) is 0 Å². The predicted octanol–water partition coefficient (Wildman–Crippen LogP) is 4.15. The Morgan fingerprint density at radius 3 is 2.42 bits per heavy atom. The molecule has 0 heterocycles. The van der Waals surface area contributed by atoms with Gasteiger partial charge in [0, 0.05) is 18.2 Å². The van der Waals surface area contributed by atoms with E-state index in [9.17, 15) is 4.79 Å². The van der Waals surface area contributed by atoms with Gasteiger partial charge in [-0.05, 0) is 36.5 Å². The van der Waals surface area contributed by atoms with Crippen LogP contribution in [0.3, 0.4) is 0 Å². The number of amides is 1. The summed E-state index contributed by atoms with van der Waals surface area (Å²) in [6.07, 6.45) is 4.09. The van der Waals surface area contributed by atoms with E-state index in [1.807, 2.05) is 42.5 Å². The molecule has 24 heavy (non-hydrogen) atoms. The van der Waals surface area contributed by atoms with Crippen molar-refractivity contribution >= 4 is 24.0 Å². The van der Waals surface area contributed by atoms with Gasteiger partial charge in [0.1, 0.15) is 0 Å². The Hall–Kier alpha value is -2.00. The average molecular weight is 347 g/mol. The molecule has 0 saturated heterocycles. The largest absolute Gasteiger partial charge is 0.399 e. The van der Waals surface area contributed by atoms with E-state index in [1.165, 1.54) is 5.56 Å². The molecule has 1 unspecified atom stereocenters. The number of nitrogens with two attached hydrogens (primary N) is 1. The monoisotopic (exact) mass is 346 g/mol. The smallest absolute Gasteiger partial charge is 0.220 e. The second-order valence-corrected chi connectivity index (χ2v) is 5.94. The molecule has 0 aliphatic carbocycles. The van der Waals surface area contributed by atoms with Gasteiger partial charge in [0.15, 0.2) is 0 Å². The minimum Gasteiger partial charge on any atom is -0.399 e. The van der Waals surface area contributed by atoms with Crippen molar-refractivity contribution in [3.8, 4) is 0 Å². The Bertz CT molecular complexity index is 616. The van der Waals surface area contributed by atoms with Crippen molar-refractivity contribution in [3.63, 3.8) is 0 Å². The molecule has 0 aliphatic rings. The number of anilines is 1. The van der Waals surface area contributed by atoms with Gasteiger partial charge < -0.3 is 11.1 Å². The number of nitrogens with one attached hydrogen (secondary N) is 1. The third kappa shape index (κ3) is 6.63. The van der Waals surface area contributed by atoms with Gasteiger partial charge in [-0.3, -0.25) is 4.79 Å². The molecule has 0 spiro atoms. The van der Waals surface area contributed by atoms with Crippen LogP contribution in [0.1, 0.15) is 37.3 Å². The lowest BCUT2D eigenvalue weighted by atomic mass is 10.0. The summed E-state index contributed by atoms with van der Waals surface area (Å²) in [6.45, 7) is 2.15. The molecule has 0 aliphatic heterocycles. The quantitative estimate of drug-likeness (QED) is 0.705. The van der Waals surface area contributed by atoms with Crippen molar-refractivity contribution in [2.75, 3.05) is 5.73 Å². The van der Waals surface area contributed by atoms with Gasteiger partial charge in [0.25, 0.3) is 0 Å². The van der Waals surface area contributed by atoms with Gasteiger partial charge in [-0.1, -0.05) is 61.9 Å². The summed E-state index contributed by atoms with van der Waals surface area (Å²) in [5, 5.41) is 3.18. The molecule has 0 saturated carbocycles. The molecule has 2 aromatic carbocycles. The average Bonchev–Trinajstić information content (AvgIpc) is 2.55.